The quantitative estimate of drug-likeness (QED) is 0.132. The van der Waals surface area contributed by atoms with E-state index < -0.39 is 0 Å². The second-order valence-corrected chi connectivity index (χ2v) is 14.2. The summed E-state index contributed by atoms with van der Waals surface area (Å²) in [5.74, 6) is 0. The Morgan fingerprint density at radius 1 is 0.346 bits per heavy atom. The number of para-hydroxylation sites is 2. The maximum Gasteiger partial charge on any atom is 0.0548 e. The van der Waals surface area contributed by atoms with Crippen molar-refractivity contribution < 1.29 is 0 Å². The van der Waals surface area contributed by atoms with E-state index in [1.807, 2.05) is 0 Å². The Hall–Kier alpha value is -6.64. The van der Waals surface area contributed by atoms with Gasteiger partial charge in [0, 0.05) is 32.9 Å². The van der Waals surface area contributed by atoms with E-state index in [0.29, 0.717) is 0 Å². The van der Waals surface area contributed by atoms with Gasteiger partial charge in [-0.15, -0.1) is 0 Å². The Morgan fingerprint density at radius 2 is 0.942 bits per heavy atom. The lowest BCUT2D eigenvalue weighted by Gasteiger charge is -2.18. The van der Waals surface area contributed by atoms with E-state index in [2.05, 4.69) is 193 Å². The van der Waals surface area contributed by atoms with Crippen molar-refractivity contribution in [3.8, 4) is 22.5 Å². The molecule has 0 fully saturated rings. The van der Waals surface area contributed by atoms with Crippen molar-refractivity contribution in [3.63, 3.8) is 0 Å². The summed E-state index contributed by atoms with van der Waals surface area (Å²) in [4.78, 5) is 0. The zero-order valence-corrected chi connectivity index (χ0v) is 29.1. The third-order valence-corrected chi connectivity index (χ3v) is 11.3. The standard InChI is InChI=1S/C50H34N2/c1-31-21-26-46-42(27-31)44-30-47-43(38-18-11-12-20-45(38)51(47)35-15-7-4-8-16-35)29-48(44)52(46)36-24-22-33-23-25-40-49(41(33)28-36)32(2)37-17-9-10-19-39(37)50(40)34-13-5-3-6-14-34/h3-30H,1-2H3. The number of hydrogen-bond donors (Lipinski definition) is 0. The van der Waals surface area contributed by atoms with Crippen molar-refractivity contribution in [3.05, 3.63) is 181 Å². The molecule has 2 heteroatoms. The lowest BCUT2D eigenvalue weighted by molar-refractivity contribution is 1.18. The summed E-state index contributed by atoms with van der Waals surface area (Å²) >= 11 is 0. The zero-order chi connectivity index (χ0) is 34.5. The molecular formula is C50H34N2. The van der Waals surface area contributed by atoms with E-state index in [-0.39, 0.29) is 0 Å². The highest BCUT2D eigenvalue weighted by Gasteiger charge is 2.20. The Bertz CT molecular complexity index is 3230. The van der Waals surface area contributed by atoms with Crippen LogP contribution >= 0.6 is 0 Å². The molecule has 9 aromatic carbocycles. The monoisotopic (exact) mass is 662 g/mol. The third kappa shape index (κ3) is 4.06. The van der Waals surface area contributed by atoms with E-state index >= 15 is 0 Å². The van der Waals surface area contributed by atoms with Gasteiger partial charge in [-0.05, 0) is 117 Å². The highest BCUT2D eigenvalue weighted by molar-refractivity contribution is 6.23. The molecule has 2 nitrogen and oxygen atoms in total. The van der Waals surface area contributed by atoms with Crippen LogP contribution < -0.4 is 0 Å². The van der Waals surface area contributed by atoms with Gasteiger partial charge in [-0.2, -0.15) is 0 Å². The molecule has 52 heavy (non-hydrogen) atoms. The van der Waals surface area contributed by atoms with Crippen LogP contribution in [0.1, 0.15) is 11.1 Å². The predicted molar refractivity (Wildman–Crippen MR) is 223 cm³/mol. The van der Waals surface area contributed by atoms with Crippen molar-refractivity contribution in [1.29, 1.82) is 0 Å². The van der Waals surface area contributed by atoms with E-state index in [0.717, 1.165) is 0 Å². The summed E-state index contributed by atoms with van der Waals surface area (Å²) in [5, 5.41) is 12.8. The van der Waals surface area contributed by atoms with Gasteiger partial charge in [0.05, 0.1) is 22.1 Å². The van der Waals surface area contributed by atoms with Gasteiger partial charge in [0.25, 0.3) is 0 Å². The minimum Gasteiger partial charge on any atom is -0.309 e. The molecule has 2 heterocycles. The van der Waals surface area contributed by atoms with Crippen LogP contribution in [-0.2, 0) is 0 Å². The Morgan fingerprint density at radius 3 is 1.73 bits per heavy atom. The first-order chi connectivity index (χ1) is 25.6. The van der Waals surface area contributed by atoms with Crippen molar-refractivity contribution in [2.45, 2.75) is 13.8 Å². The summed E-state index contributed by atoms with van der Waals surface area (Å²) in [6, 6.07) is 62.8. The Labute approximate surface area is 301 Å². The van der Waals surface area contributed by atoms with Crippen molar-refractivity contribution in [1.82, 2.24) is 9.13 Å². The van der Waals surface area contributed by atoms with Crippen molar-refractivity contribution >= 4 is 75.9 Å². The van der Waals surface area contributed by atoms with Crippen LogP contribution in [-0.4, -0.2) is 9.13 Å². The number of aromatic nitrogens is 2. The van der Waals surface area contributed by atoms with Gasteiger partial charge >= 0.3 is 0 Å². The molecule has 0 N–H and O–H groups in total. The molecule has 0 aliphatic carbocycles. The predicted octanol–water partition coefficient (Wildman–Crippen LogP) is 13.6. The Kier molecular flexibility index (Phi) is 6.12. The van der Waals surface area contributed by atoms with Crippen molar-refractivity contribution in [2.75, 3.05) is 0 Å². The fourth-order valence-corrected chi connectivity index (χ4v) is 9.01. The first kappa shape index (κ1) is 29.1. The van der Waals surface area contributed by atoms with E-state index in [1.54, 1.807) is 0 Å². The van der Waals surface area contributed by atoms with Crippen LogP contribution in [0.25, 0.3) is 98.4 Å². The van der Waals surface area contributed by atoms with Crippen molar-refractivity contribution in [2.24, 2.45) is 0 Å². The third-order valence-electron chi connectivity index (χ3n) is 11.3. The first-order valence-electron chi connectivity index (χ1n) is 18.1. The molecule has 0 radical (unpaired) electrons. The van der Waals surface area contributed by atoms with Crippen LogP contribution in [0.3, 0.4) is 0 Å². The molecule has 11 rings (SSSR count). The number of aryl methyl sites for hydroxylation is 2. The molecule has 11 aromatic rings. The zero-order valence-electron chi connectivity index (χ0n) is 29.1. The fourth-order valence-electron chi connectivity index (χ4n) is 9.01. The minimum atomic E-state index is 1.17. The van der Waals surface area contributed by atoms with Crippen LogP contribution in [0.5, 0.6) is 0 Å². The topological polar surface area (TPSA) is 9.86 Å². The minimum absolute atomic E-state index is 1.17. The smallest absolute Gasteiger partial charge is 0.0548 e. The van der Waals surface area contributed by atoms with Crippen LogP contribution in [0.15, 0.2) is 170 Å². The molecule has 0 unspecified atom stereocenters. The molecule has 0 spiro atoms. The molecule has 0 bridgehead atoms. The fraction of sp³-hybridized carbons (Fsp3) is 0.0400. The molecule has 0 saturated carbocycles. The molecule has 0 aliphatic heterocycles. The van der Waals surface area contributed by atoms with Crippen LogP contribution in [0.4, 0.5) is 0 Å². The summed E-state index contributed by atoms with van der Waals surface area (Å²) in [6.45, 7) is 4.50. The first-order valence-corrected chi connectivity index (χ1v) is 18.1. The van der Waals surface area contributed by atoms with Gasteiger partial charge in [-0.1, -0.05) is 121 Å². The number of benzene rings is 9. The highest BCUT2D eigenvalue weighted by atomic mass is 15.0. The van der Waals surface area contributed by atoms with Crippen LogP contribution in [0, 0.1) is 13.8 Å². The maximum absolute atomic E-state index is 2.49. The van der Waals surface area contributed by atoms with Gasteiger partial charge in [0.1, 0.15) is 0 Å². The summed E-state index contributed by atoms with van der Waals surface area (Å²) in [6.07, 6.45) is 0. The van der Waals surface area contributed by atoms with E-state index in [9.17, 15) is 0 Å². The average Bonchev–Trinajstić information content (AvgIpc) is 3.69. The summed E-state index contributed by atoms with van der Waals surface area (Å²) < 4.78 is 4.91. The van der Waals surface area contributed by atoms with Crippen LogP contribution in [0.2, 0.25) is 0 Å². The lowest BCUT2D eigenvalue weighted by Crippen LogP contribution is -1.96. The largest absolute Gasteiger partial charge is 0.309 e. The van der Waals surface area contributed by atoms with Gasteiger partial charge in [-0.3, -0.25) is 0 Å². The second-order valence-electron chi connectivity index (χ2n) is 14.2. The van der Waals surface area contributed by atoms with Gasteiger partial charge in [0.15, 0.2) is 0 Å². The Balaban J connectivity index is 1.26. The lowest BCUT2D eigenvalue weighted by atomic mass is 9.86. The maximum atomic E-state index is 2.49. The number of nitrogens with zero attached hydrogens (tertiary/aromatic N) is 2. The number of hydrogen-bond acceptors (Lipinski definition) is 0. The SMILES string of the molecule is Cc1ccc2c(c1)c1cc3c(cc1n2-c1ccc2ccc4c(-c5ccccc5)c5ccccc5c(C)c4c2c1)c1ccccc1n3-c1ccccc1. The second kappa shape index (κ2) is 10.9. The number of rotatable bonds is 3. The van der Waals surface area contributed by atoms with Gasteiger partial charge in [0.2, 0.25) is 0 Å². The summed E-state index contributed by atoms with van der Waals surface area (Å²) in [5.41, 5.74) is 12.3. The molecule has 0 aliphatic rings. The average molecular weight is 663 g/mol. The normalized spacial score (nSPS) is 12.0. The summed E-state index contributed by atoms with van der Waals surface area (Å²) in [7, 11) is 0. The van der Waals surface area contributed by atoms with E-state index in [1.165, 1.54) is 110 Å². The molecule has 2 aromatic heterocycles. The molecule has 244 valence electrons. The van der Waals surface area contributed by atoms with Gasteiger partial charge in [-0.25, -0.2) is 0 Å². The highest BCUT2D eigenvalue weighted by Crippen LogP contribution is 2.44. The molecule has 0 amide bonds. The molecule has 0 saturated heterocycles. The number of fused-ring (bicyclic) bond motifs is 10. The molecule has 0 atom stereocenters. The van der Waals surface area contributed by atoms with Gasteiger partial charge < -0.3 is 9.13 Å². The van der Waals surface area contributed by atoms with E-state index in [4.69, 9.17) is 0 Å². The molecular weight excluding hydrogens is 629 g/mol.